The van der Waals surface area contributed by atoms with Crippen LogP contribution in [0.4, 0.5) is 0 Å². The molecule has 0 atom stereocenters. The van der Waals surface area contributed by atoms with Crippen LogP contribution in [-0.2, 0) is 13.0 Å². The van der Waals surface area contributed by atoms with Crippen LogP contribution in [0.1, 0.15) is 18.1 Å². The minimum atomic E-state index is 0.798. The van der Waals surface area contributed by atoms with Crippen LogP contribution in [0.15, 0.2) is 36.8 Å². The molecule has 114 valence electrons. The minimum Gasteiger partial charge on any atom is -0.367 e. The highest BCUT2D eigenvalue weighted by Gasteiger charge is 2.14. The van der Waals surface area contributed by atoms with E-state index in [4.69, 9.17) is 11.6 Å². The van der Waals surface area contributed by atoms with E-state index in [0.717, 1.165) is 45.9 Å². The summed E-state index contributed by atoms with van der Waals surface area (Å²) in [5, 5.41) is 11.3. The van der Waals surface area contributed by atoms with Crippen LogP contribution in [0.25, 0.3) is 22.4 Å². The summed E-state index contributed by atoms with van der Waals surface area (Å²) >= 11 is 6.36. The van der Waals surface area contributed by atoms with E-state index in [1.54, 1.807) is 0 Å². The van der Waals surface area contributed by atoms with Gasteiger partial charge in [-0.25, -0.2) is 0 Å². The van der Waals surface area contributed by atoms with Crippen LogP contribution in [0.3, 0.4) is 0 Å². The lowest BCUT2D eigenvalue weighted by atomic mass is 9.99. The van der Waals surface area contributed by atoms with Crippen LogP contribution in [0.2, 0.25) is 5.02 Å². The van der Waals surface area contributed by atoms with Gasteiger partial charge >= 0.3 is 0 Å². The maximum absolute atomic E-state index is 6.36. The molecular formula is C17H19ClN4. The van der Waals surface area contributed by atoms with Gasteiger partial charge in [0.25, 0.3) is 0 Å². The van der Waals surface area contributed by atoms with Crippen molar-refractivity contribution in [3.63, 3.8) is 0 Å². The molecule has 3 rings (SSSR count). The van der Waals surface area contributed by atoms with E-state index in [-0.39, 0.29) is 0 Å². The number of hydrogen-bond donors (Lipinski definition) is 3. The summed E-state index contributed by atoms with van der Waals surface area (Å²) in [7, 11) is 1.94. The maximum atomic E-state index is 6.36. The molecule has 0 aliphatic rings. The second-order valence-corrected chi connectivity index (χ2v) is 5.65. The highest BCUT2D eigenvalue weighted by Crippen LogP contribution is 2.34. The zero-order chi connectivity index (χ0) is 15.5. The number of nitrogens with one attached hydrogen (secondary N) is 3. The third-order valence-electron chi connectivity index (χ3n) is 3.85. The molecule has 1 aromatic carbocycles. The van der Waals surface area contributed by atoms with Gasteiger partial charge in [-0.15, -0.1) is 0 Å². The zero-order valence-corrected chi connectivity index (χ0v) is 13.5. The standard InChI is InChI=1S/C17H19ClN4/c1-3-11-4-5-12(6-16(11)18)15-10-21-22-17(15)14-9-20-8-13(14)7-19-2/h4-6,8-10,19-20H,3,7H2,1-2H3,(H,21,22). The van der Waals surface area contributed by atoms with Gasteiger partial charge in [-0.05, 0) is 36.2 Å². The molecule has 0 aliphatic carbocycles. The van der Waals surface area contributed by atoms with Gasteiger partial charge in [-0.2, -0.15) is 5.10 Å². The second-order valence-electron chi connectivity index (χ2n) is 5.24. The molecule has 4 nitrogen and oxygen atoms in total. The Bertz CT molecular complexity index is 773. The van der Waals surface area contributed by atoms with Crippen LogP contribution in [0, 0.1) is 0 Å². The average Bonchev–Trinajstić information content (AvgIpc) is 3.15. The Morgan fingerprint density at radius 3 is 2.77 bits per heavy atom. The first kappa shape index (κ1) is 14.9. The number of aromatic amines is 2. The summed E-state index contributed by atoms with van der Waals surface area (Å²) in [4.78, 5) is 3.17. The minimum absolute atomic E-state index is 0.798. The molecular weight excluding hydrogens is 296 g/mol. The molecule has 0 aliphatic heterocycles. The van der Waals surface area contributed by atoms with Crippen molar-refractivity contribution in [3.05, 3.63) is 52.9 Å². The summed E-state index contributed by atoms with van der Waals surface area (Å²) in [5.74, 6) is 0. The van der Waals surface area contributed by atoms with Crippen molar-refractivity contribution >= 4 is 11.6 Å². The number of rotatable bonds is 5. The molecule has 2 aromatic heterocycles. The largest absolute Gasteiger partial charge is 0.367 e. The Labute approximate surface area is 134 Å². The Morgan fingerprint density at radius 1 is 1.18 bits per heavy atom. The van der Waals surface area contributed by atoms with Gasteiger partial charge in [0.1, 0.15) is 0 Å². The van der Waals surface area contributed by atoms with E-state index in [9.17, 15) is 0 Å². The van der Waals surface area contributed by atoms with Crippen molar-refractivity contribution in [2.45, 2.75) is 19.9 Å². The lowest BCUT2D eigenvalue weighted by Gasteiger charge is -2.07. The molecule has 0 amide bonds. The maximum Gasteiger partial charge on any atom is 0.0747 e. The smallest absolute Gasteiger partial charge is 0.0747 e. The number of benzene rings is 1. The van der Waals surface area contributed by atoms with Gasteiger partial charge in [0.15, 0.2) is 0 Å². The summed E-state index contributed by atoms with van der Waals surface area (Å²) in [6.45, 7) is 2.90. The Balaban J connectivity index is 2.05. The fourth-order valence-electron chi connectivity index (χ4n) is 2.68. The summed E-state index contributed by atoms with van der Waals surface area (Å²) < 4.78 is 0. The van der Waals surface area contributed by atoms with Crippen LogP contribution in [0.5, 0.6) is 0 Å². The first-order chi connectivity index (χ1) is 10.7. The molecule has 2 heterocycles. The average molecular weight is 315 g/mol. The van der Waals surface area contributed by atoms with Gasteiger partial charge in [-0.3, -0.25) is 5.10 Å². The summed E-state index contributed by atoms with van der Waals surface area (Å²) in [6, 6.07) is 6.20. The van der Waals surface area contributed by atoms with Crippen LogP contribution in [-0.4, -0.2) is 22.2 Å². The van der Waals surface area contributed by atoms with Crippen molar-refractivity contribution in [1.82, 2.24) is 20.5 Å². The summed E-state index contributed by atoms with van der Waals surface area (Å²) in [6.07, 6.45) is 6.78. The molecule has 0 fully saturated rings. The first-order valence-corrected chi connectivity index (χ1v) is 7.75. The van der Waals surface area contributed by atoms with Crippen molar-refractivity contribution in [3.8, 4) is 22.4 Å². The lowest BCUT2D eigenvalue weighted by Crippen LogP contribution is -2.05. The van der Waals surface area contributed by atoms with Gasteiger partial charge in [0, 0.05) is 35.1 Å². The predicted octanol–water partition coefficient (Wildman–Crippen LogP) is 4.01. The molecule has 3 N–H and O–H groups in total. The predicted molar refractivity (Wildman–Crippen MR) is 91.0 cm³/mol. The fraction of sp³-hybridized carbons (Fsp3) is 0.235. The fourth-order valence-corrected chi connectivity index (χ4v) is 2.99. The Hall–Kier alpha value is -2.04. The van der Waals surface area contributed by atoms with E-state index < -0.39 is 0 Å². The topological polar surface area (TPSA) is 56.5 Å². The third-order valence-corrected chi connectivity index (χ3v) is 4.20. The molecule has 0 unspecified atom stereocenters. The van der Waals surface area contributed by atoms with E-state index in [2.05, 4.69) is 39.6 Å². The van der Waals surface area contributed by atoms with Crippen molar-refractivity contribution in [2.24, 2.45) is 0 Å². The highest BCUT2D eigenvalue weighted by molar-refractivity contribution is 6.31. The SMILES string of the molecule is CCc1ccc(-c2cn[nH]c2-c2c[nH]cc2CNC)cc1Cl. The Morgan fingerprint density at radius 2 is 2.05 bits per heavy atom. The van der Waals surface area contributed by atoms with E-state index >= 15 is 0 Å². The van der Waals surface area contributed by atoms with Crippen molar-refractivity contribution in [2.75, 3.05) is 7.05 Å². The van der Waals surface area contributed by atoms with Crippen molar-refractivity contribution in [1.29, 1.82) is 0 Å². The van der Waals surface area contributed by atoms with Gasteiger partial charge in [-0.1, -0.05) is 30.7 Å². The van der Waals surface area contributed by atoms with E-state index in [0.29, 0.717) is 0 Å². The quantitative estimate of drug-likeness (QED) is 0.666. The molecule has 0 saturated heterocycles. The van der Waals surface area contributed by atoms with E-state index in [1.807, 2.05) is 31.7 Å². The molecule has 0 saturated carbocycles. The number of hydrogen-bond acceptors (Lipinski definition) is 2. The number of aromatic nitrogens is 3. The van der Waals surface area contributed by atoms with Gasteiger partial charge in [0.2, 0.25) is 0 Å². The van der Waals surface area contributed by atoms with Crippen LogP contribution < -0.4 is 5.32 Å². The number of aryl methyl sites for hydroxylation is 1. The third kappa shape index (κ3) is 2.67. The highest BCUT2D eigenvalue weighted by atomic mass is 35.5. The molecule has 0 bridgehead atoms. The van der Waals surface area contributed by atoms with E-state index in [1.165, 1.54) is 5.56 Å². The number of halogens is 1. The number of H-pyrrole nitrogens is 2. The van der Waals surface area contributed by atoms with Crippen molar-refractivity contribution < 1.29 is 0 Å². The van der Waals surface area contributed by atoms with Gasteiger partial charge in [0.05, 0.1) is 11.9 Å². The lowest BCUT2D eigenvalue weighted by molar-refractivity contribution is 0.819. The molecule has 0 spiro atoms. The first-order valence-electron chi connectivity index (χ1n) is 7.37. The normalized spacial score (nSPS) is 11.0. The molecule has 22 heavy (non-hydrogen) atoms. The molecule has 5 heteroatoms. The van der Waals surface area contributed by atoms with Crippen LogP contribution >= 0.6 is 11.6 Å². The zero-order valence-electron chi connectivity index (χ0n) is 12.7. The second kappa shape index (κ2) is 6.38. The molecule has 3 aromatic rings. The summed E-state index contributed by atoms with van der Waals surface area (Å²) in [5.41, 5.74) is 6.62. The monoisotopic (exact) mass is 314 g/mol. The number of nitrogens with zero attached hydrogens (tertiary/aromatic N) is 1. The molecule has 0 radical (unpaired) electrons. The van der Waals surface area contributed by atoms with Gasteiger partial charge < -0.3 is 10.3 Å². The Kier molecular flexibility index (Phi) is 4.32.